The van der Waals surface area contributed by atoms with Crippen molar-refractivity contribution in [2.24, 2.45) is 11.7 Å². The van der Waals surface area contributed by atoms with Crippen LogP contribution in [0.1, 0.15) is 35.7 Å². The number of aromatic nitrogens is 1. The van der Waals surface area contributed by atoms with Gasteiger partial charge in [0.25, 0.3) is 5.91 Å². The van der Waals surface area contributed by atoms with E-state index in [4.69, 9.17) is 15.2 Å². The third kappa shape index (κ3) is 4.22. The molecule has 0 saturated carbocycles. The number of nitrogens with zero attached hydrogens (tertiary/aromatic N) is 1. The number of methoxy groups -OCH3 is 1. The van der Waals surface area contributed by atoms with E-state index in [9.17, 15) is 31.5 Å². The molecule has 1 aliphatic rings. The largest absolute Gasteiger partial charge is 0.493 e. The number of hydrogen-bond donors (Lipinski definition) is 2. The van der Waals surface area contributed by atoms with E-state index < -0.39 is 58.9 Å². The molecule has 0 spiro atoms. The first kappa shape index (κ1) is 24.4. The van der Waals surface area contributed by atoms with Gasteiger partial charge in [0.05, 0.1) is 24.6 Å². The zero-order valence-electron chi connectivity index (χ0n) is 17.7. The number of nitrogens with two attached hydrogens (primary N) is 1. The molecule has 0 bridgehead atoms. The summed E-state index contributed by atoms with van der Waals surface area (Å²) in [6.45, 7) is 1.97. The van der Waals surface area contributed by atoms with E-state index in [0.29, 0.717) is 0 Å². The summed E-state index contributed by atoms with van der Waals surface area (Å²) in [7, 11) is 1.03. The quantitative estimate of drug-likeness (QED) is 0.647. The van der Waals surface area contributed by atoms with E-state index in [1.165, 1.54) is 13.0 Å². The molecule has 1 aliphatic heterocycles. The molecule has 0 aliphatic carbocycles. The van der Waals surface area contributed by atoms with Gasteiger partial charge in [-0.15, -0.1) is 0 Å². The zero-order valence-corrected chi connectivity index (χ0v) is 17.7. The summed E-state index contributed by atoms with van der Waals surface area (Å²) in [6.07, 6.45) is -4.37. The second-order valence-electron chi connectivity index (χ2n) is 7.76. The van der Waals surface area contributed by atoms with Crippen LogP contribution in [0, 0.1) is 17.6 Å². The maximum Gasteiger partial charge on any atom is 0.417 e. The van der Waals surface area contributed by atoms with Gasteiger partial charge in [0.1, 0.15) is 6.10 Å². The lowest BCUT2D eigenvalue weighted by Crippen LogP contribution is -2.47. The van der Waals surface area contributed by atoms with Crippen molar-refractivity contribution in [1.29, 1.82) is 0 Å². The fourth-order valence-electron chi connectivity index (χ4n) is 3.90. The van der Waals surface area contributed by atoms with E-state index in [-0.39, 0.29) is 16.8 Å². The predicted octanol–water partition coefficient (Wildman–Crippen LogP) is 3.55. The molecule has 1 saturated heterocycles. The summed E-state index contributed by atoms with van der Waals surface area (Å²) < 4.78 is 80.0. The van der Waals surface area contributed by atoms with Crippen molar-refractivity contribution in [1.82, 2.24) is 4.98 Å². The van der Waals surface area contributed by atoms with Gasteiger partial charge in [-0.3, -0.25) is 14.6 Å². The minimum atomic E-state index is -4.89. The van der Waals surface area contributed by atoms with Gasteiger partial charge in [-0.2, -0.15) is 17.6 Å². The molecular weight excluding hydrogens is 453 g/mol. The van der Waals surface area contributed by atoms with Gasteiger partial charge in [-0.1, -0.05) is 13.0 Å². The van der Waals surface area contributed by atoms with Crippen molar-refractivity contribution in [3.05, 3.63) is 53.4 Å². The third-order valence-corrected chi connectivity index (χ3v) is 5.86. The van der Waals surface area contributed by atoms with Gasteiger partial charge in [-0.25, -0.2) is 4.39 Å². The van der Waals surface area contributed by atoms with E-state index in [2.05, 4.69) is 10.3 Å². The number of halogens is 5. The molecule has 2 aromatic rings. The number of carbonyl (C=O) groups is 2. The number of alkyl halides is 3. The van der Waals surface area contributed by atoms with E-state index in [0.717, 1.165) is 38.6 Å². The summed E-state index contributed by atoms with van der Waals surface area (Å²) in [5, 5.41) is 2.34. The summed E-state index contributed by atoms with van der Waals surface area (Å²) in [5.41, 5.74) is 2.15. The minimum absolute atomic E-state index is 0.0239. The number of carbonyl (C=O) groups excluding carboxylic acids is 2. The first-order valence-corrected chi connectivity index (χ1v) is 9.64. The van der Waals surface area contributed by atoms with Crippen LogP contribution in [0.2, 0.25) is 0 Å². The van der Waals surface area contributed by atoms with Crippen molar-refractivity contribution < 1.29 is 41.0 Å². The predicted molar refractivity (Wildman–Crippen MR) is 106 cm³/mol. The van der Waals surface area contributed by atoms with Crippen molar-refractivity contribution in [3.63, 3.8) is 0 Å². The number of pyridine rings is 1. The molecule has 2 heterocycles. The highest BCUT2D eigenvalue weighted by Gasteiger charge is 2.65. The fraction of sp³-hybridized carbons (Fsp3) is 0.381. The van der Waals surface area contributed by atoms with E-state index in [1.54, 1.807) is 0 Å². The lowest BCUT2D eigenvalue weighted by Gasteiger charge is -2.32. The zero-order chi connectivity index (χ0) is 24.7. The van der Waals surface area contributed by atoms with Gasteiger partial charge < -0.3 is 20.5 Å². The Morgan fingerprint density at radius 1 is 1.24 bits per heavy atom. The summed E-state index contributed by atoms with van der Waals surface area (Å²) in [6, 6.07) is 2.97. The number of amides is 2. The van der Waals surface area contributed by atoms with Crippen LogP contribution in [0.5, 0.6) is 5.75 Å². The summed E-state index contributed by atoms with van der Waals surface area (Å²) in [4.78, 5) is 28.1. The Morgan fingerprint density at radius 3 is 2.48 bits per heavy atom. The van der Waals surface area contributed by atoms with Crippen LogP contribution < -0.4 is 15.8 Å². The number of rotatable bonds is 5. The molecule has 1 aromatic carbocycles. The van der Waals surface area contributed by atoms with Gasteiger partial charge in [-0.05, 0) is 19.1 Å². The molecule has 0 unspecified atom stereocenters. The van der Waals surface area contributed by atoms with Crippen LogP contribution in [0.4, 0.5) is 27.6 Å². The van der Waals surface area contributed by atoms with Gasteiger partial charge >= 0.3 is 6.18 Å². The SMILES string of the molecule is COc1c([C@@H]2[C@H](C(=O)Nc3cncc(C(N)=O)c3)O[C@@](C)(C(F)(F)F)[C@H]2C)ccc(F)c1F. The molecule has 3 N–H and O–H groups in total. The number of ether oxygens (including phenoxy) is 2. The first-order valence-electron chi connectivity index (χ1n) is 9.64. The molecule has 3 rings (SSSR count). The van der Waals surface area contributed by atoms with Crippen LogP contribution in [-0.4, -0.2) is 41.8 Å². The average Bonchev–Trinajstić information content (AvgIpc) is 3.02. The van der Waals surface area contributed by atoms with Crippen molar-refractivity contribution in [2.45, 2.75) is 37.6 Å². The number of primary amides is 1. The standard InChI is InChI=1S/C21H20F5N3O4/c1-9-14(12-4-5-13(22)15(23)16(12)32-3)17(33-20(9,2)21(24,25)26)19(31)29-11-6-10(18(27)30)7-28-8-11/h4-9,14,17H,1-3H3,(H2,27,30)(H,29,31)/t9-,14+,17+,20+/m0/s1. The summed E-state index contributed by atoms with van der Waals surface area (Å²) >= 11 is 0. The molecular formula is C21H20F5N3O4. The van der Waals surface area contributed by atoms with Crippen molar-refractivity contribution in [3.8, 4) is 5.75 Å². The molecule has 33 heavy (non-hydrogen) atoms. The molecule has 7 nitrogen and oxygen atoms in total. The molecule has 2 amide bonds. The van der Waals surface area contributed by atoms with E-state index >= 15 is 0 Å². The minimum Gasteiger partial charge on any atom is -0.493 e. The number of anilines is 1. The molecule has 12 heteroatoms. The Morgan fingerprint density at radius 2 is 1.91 bits per heavy atom. The maximum atomic E-state index is 14.3. The van der Waals surface area contributed by atoms with Crippen molar-refractivity contribution in [2.75, 3.05) is 12.4 Å². The number of hydrogen-bond acceptors (Lipinski definition) is 5. The Hall–Kier alpha value is -3.28. The Balaban J connectivity index is 2.07. The van der Waals surface area contributed by atoms with Crippen molar-refractivity contribution >= 4 is 17.5 Å². The van der Waals surface area contributed by atoms with Crippen LogP contribution >= 0.6 is 0 Å². The highest BCUT2D eigenvalue weighted by atomic mass is 19.4. The Bertz CT molecular complexity index is 1090. The first-order chi connectivity index (χ1) is 15.3. The molecule has 1 fully saturated rings. The molecule has 1 aromatic heterocycles. The van der Waals surface area contributed by atoms with Crippen LogP contribution in [0.3, 0.4) is 0 Å². The van der Waals surface area contributed by atoms with Crippen LogP contribution in [0.15, 0.2) is 30.6 Å². The third-order valence-electron chi connectivity index (χ3n) is 5.86. The van der Waals surface area contributed by atoms with Crippen LogP contribution in [0.25, 0.3) is 0 Å². The lowest BCUT2D eigenvalue weighted by molar-refractivity contribution is -0.272. The second-order valence-corrected chi connectivity index (χ2v) is 7.76. The van der Waals surface area contributed by atoms with Gasteiger partial charge in [0.15, 0.2) is 17.2 Å². The molecule has 0 radical (unpaired) electrons. The summed E-state index contributed by atoms with van der Waals surface area (Å²) in [5.74, 6) is -7.92. The van der Waals surface area contributed by atoms with Gasteiger partial charge in [0.2, 0.25) is 11.7 Å². The monoisotopic (exact) mass is 473 g/mol. The van der Waals surface area contributed by atoms with E-state index in [1.807, 2.05) is 0 Å². The van der Waals surface area contributed by atoms with Crippen LogP contribution in [-0.2, 0) is 9.53 Å². The maximum absolute atomic E-state index is 14.3. The number of nitrogens with one attached hydrogen (secondary N) is 1. The normalized spacial score (nSPS) is 25.0. The number of benzene rings is 1. The molecule has 4 atom stereocenters. The fourth-order valence-corrected chi connectivity index (χ4v) is 3.90. The Kier molecular flexibility index (Phi) is 6.33. The van der Waals surface area contributed by atoms with Gasteiger partial charge in [0, 0.05) is 23.6 Å². The lowest BCUT2D eigenvalue weighted by atomic mass is 9.77. The average molecular weight is 473 g/mol. The second kappa shape index (κ2) is 8.58. The smallest absolute Gasteiger partial charge is 0.417 e. The topological polar surface area (TPSA) is 104 Å². The highest BCUT2D eigenvalue weighted by molar-refractivity contribution is 5.97. The Labute approximate surface area is 185 Å². The molecule has 178 valence electrons. The highest BCUT2D eigenvalue weighted by Crippen LogP contribution is 2.54.